The number of benzene rings is 4. The molecule has 4 aromatic carbocycles. The van der Waals surface area contributed by atoms with Crippen LogP contribution in [0.5, 0.6) is 17.4 Å². The van der Waals surface area contributed by atoms with E-state index < -0.39 is 0 Å². The third kappa shape index (κ3) is 3.14. The number of aromatic nitrogens is 1. The zero-order valence-electron chi connectivity index (χ0n) is 18.2. The molecule has 0 radical (unpaired) electrons. The molecule has 4 nitrogen and oxygen atoms in total. The highest BCUT2D eigenvalue weighted by molar-refractivity contribution is 6.25. The molecule has 5 rings (SSSR count). The van der Waals surface area contributed by atoms with Crippen molar-refractivity contribution < 1.29 is 14.2 Å². The fourth-order valence-electron chi connectivity index (χ4n) is 4.61. The average molecular weight is 414 g/mol. The Balaban J connectivity index is 1.76. The van der Waals surface area contributed by atoms with Crippen LogP contribution in [0.3, 0.4) is 0 Å². The molecule has 0 bridgehead atoms. The molecule has 0 saturated carbocycles. The average Bonchev–Trinajstić information content (AvgIpc) is 3.23. The molecule has 0 spiro atoms. The van der Waals surface area contributed by atoms with Crippen LogP contribution in [0.1, 0.15) is 26.2 Å². The summed E-state index contributed by atoms with van der Waals surface area (Å²) in [6.07, 6.45) is 3.44. The van der Waals surface area contributed by atoms with E-state index in [1.807, 2.05) is 6.07 Å². The number of fused-ring (bicyclic) bond motifs is 7. The number of nitrogens with one attached hydrogen (secondary N) is 1. The van der Waals surface area contributed by atoms with E-state index in [-0.39, 0.29) is 0 Å². The van der Waals surface area contributed by atoms with E-state index in [0.717, 1.165) is 73.6 Å². The number of H-pyrrole nitrogens is 1. The van der Waals surface area contributed by atoms with Gasteiger partial charge in [0.2, 0.25) is 0 Å². The predicted octanol–water partition coefficient (Wildman–Crippen LogP) is 7.21. The smallest absolute Gasteiger partial charge is 0.191 e. The zero-order valence-corrected chi connectivity index (χ0v) is 18.2. The van der Waals surface area contributed by atoms with Gasteiger partial charge in [0, 0.05) is 27.6 Å². The van der Waals surface area contributed by atoms with Gasteiger partial charge < -0.3 is 19.2 Å². The maximum absolute atomic E-state index is 5.97. The maximum Gasteiger partial charge on any atom is 0.191 e. The Morgan fingerprint density at radius 2 is 1.45 bits per heavy atom. The second-order valence-electron chi connectivity index (χ2n) is 7.91. The van der Waals surface area contributed by atoms with E-state index in [2.05, 4.69) is 60.4 Å². The van der Waals surface area contributed by atoms with Gasteiger partial charge in [0.15, 0.2) is 17.4 Å². The van der Waals surface area contributed by atoms with Crippen LogP contribution in [0.4, 0.5) is 0 Å². The third-order valence-electron chi connectivity index (χ3n) is 6.08. The Morgan fingerprint density at radius 1 is 0.742 bits per heavy atom. The lowest BCUT2D eigenvalue weighted by Gasteiger charge is -2.17. The van der Waals surface area contributed by atoms with Crippen LogP contribution in [0.2, 0.25) is 0 Å². The van der Waals surface area contributed by atoms with Gasteiger partial charge in [-0.05, 0) is 22.6 Å². The highest BCUT2D eigenvalue weighted by Crippen LogP contribution is 2.46. The number of ether oxygens (including phenoxy) is 3. The number of unbranched alkanes of at least 4 members (excludes halogenated alkanes) is 2. The molecule has 0 aliphatic rings. The van der Waals surface area contributed by atoms with Gasteiger partial charge in [-0.1, -0.05) is 68.3 Å². The van der Waals surface area contributed by atoms with Crippen molar-refractivity contribution in [2.75, 3.05) is 20.8 Å². The predicted molar refractivity (Wildman–Crippen MR) is 129 cm³/mol. The van der Waals surface area contributed by atoms with Gasteiger partial charge in [0.25, 0.3) is 0 Å². The van der Waals surface area contributed by atoms with E-state index in [1.165, 1.54) is 12.8 Å². The van der Waals surface area contributed by atoms with Crippen molar-refractivity contribution in [3.05, 3.63) is 54.6 Å². The van der Waals surface area contributed by atoms with Gasteiger partial charge in [-0.15, -0.1) is 0 Å². The summed E-state index contributed by atoms with van der Waals surface area (Å²) in [7, 11) is 3.41. The largest absolute Gasteiger partial charge is 0.492 e. The molecule has 158 valence electrons. The normalized spacial score (nSPS) is 11.6. The molecular formula is C27H27NO3. The molecule has 0 saturated heterocycles. The molecule has 1 heterocycles. The first-order valence-corrected chi connectivity index (χ1v) is 10.9. The molecule has 0 aliphatic heterocycles. The lowest BCUT2D eigenvalue weighted by atomic mass is 9.94. The quantitative estimate of drug-likeness (QED) is 0.226. The van der Waals surface area contributed by atoms with Gasteiger partial charge >= 0.3 is 0 Å². The summed E-state index contributed by atoms with van der Waals surface area (Å²) in [5.74, 6) is 2.36. The molecule has 1 N–H and O–H groups in total. The van der Waals surface area contributed by atoms with Crippen LogP contribution in [0.25, 0.3) is 43.2 Å². The number of hydrogen-bond donors (Lipinski definition) is 1. The first kappa shape index (κ1) is 19.6. The van der Waals surface area contributed by atoms with Crippen molar-refractivity contribution in [1.82, 2.24) is 4.98 Å². The van der Waals surface area contributed by atoms with Crippen LogP contribution in [-0.4, -0.2) is 25.8 Å². The monoisotopic (exact) mass is 413 g/mol. The van der Waals surface area contributed by atoms with Crippen molar-refractivity contribution in [2.24, 2.45) is 0 Å². The number of hydrogen-bond acceptors (Lipinski definition) is 3. The second kappa shape index (κ2) is 8.03. The van der Waals surface area contributed by atoms with Crippen molar-refractivity contribution in [1.29, 1.82) is 0 Å². The highest BCUT2D eigenvalue weighted by atomic mass is 16.5. The van der Waals surface area contributed by atoms with Crippen LogP contribution in [0.15, 0.2) is 54.6 Å². The lowest BCUT2D eigenvalue weighted by Crippen LogP contribution is -1.96. The molecule has 0 atom stereocenters. The molecular weight excluding hydrogens is 386 g/mol. The Kier molecular flexibility index (Phi) is 5.06. The summed E-state index contributed by atoms with van der Waals surface area (Å²) in [5.41, 5.74) is 1.08. The Bertz CT molecular complexity index is 1400. The third-order valence-corrected chi connectivity index (χ3v) is 6.08. The summed E-state index contributed by atoms with van der Waals surface area (Å²) < 4.78 is 17.7. The first-order chi connectivity index (χ1) is 15.3. The summed E-state index contributed by atoms with van der Waals surface area (Å²) >= 11 is 0. The Labute approximate surface area is 181 Å². The minimum Gasteiger partial charge on any atom is -0.492 e. The van der Waals surface area contributed by atoms with Crippen LogP contribution in [-0.2, 0) is 0 Å². The summed E-state index contributed by atoms with van der Waals surface area (Å²) in [5, 5.41) is 7.85. The van der Waals surface area contributed by atoms with Crippen molar-refractivity contribution in [3.8, 4) is 17.4 Å². The van der Waals surface area contributed by atoms with E-state index in [1.54, 1.807) is 14.2 Å². The molecule has 0 aliphatic carbocycles. The second-order valence-corrected chi connectivity index (χ2v) is 7.91. The van der Waals surface area contributed by atoms with Crippen molar-refractivity contribution in [2.45, 2.75) is 26.2 Å². The molecule has 0 unspecified atom stereocenters. The minimum atomic E-state index is 0.735. The molecule has 0 fully saturated rings. The topological polar surface area (TPSA) is 43.5 Å². The van der Waals surface area contributed by atoms with Crippen LogP contribution < -0.4 is 14.2 Å². The molecule has 0 amide bonds. The fourth-order valence-corrected chi connectivity index (χ4v) is 4.61. The number of methoxy groups -OCH3 is 2. The van der Waals surface area contributed by atoms with Crippen molar-refractivity contribution >= 4 is 43.2 Å². The molecule has 1 aromatic heterocycles. The zero-order chi connectivity index (χ0) is 21.4. The standard InChI is InChI=1S/C27H27NO3/c1-4-5-8-15-31-23-16-17-11-12-20-21(25(17)28-23)14-13-19-18-9-6-7-10-22(18)26(29-2)27(30-3)24(19)20/h6-7,9-14,16,28H,4-5,8,15H2,1-3H3. The molecule has 31 heavy (non-hydrogen) atoms. The van der Waals surface area contributed by atoms with E-state index in [4.69, 9.17) is 14.2 Å². The van der Waals surface area contributed by atoms with Gasteiger partial charge in [-0.2, -0.15) is 0 Å². The molecule has 5 aromatic rings. The summed E-state index contributed by atoms with van der Waals surface area (Å²) in [6, 6.07) is 19.1. The minimum absolute atomic E-state index is 0.735. The highest BCUT2D eigenvalue weighted by Gasteiger charge is 2.19. The van der Waals surface area contributed by atoms with Gasteiger partial charge in [-0.3, -0.25) is 0 Å². The van der Waals surface area contributed by atoms with Crippen molar-refractivity contribution in [3.63, 3.8) is 0 Å². The lowest BCUT2D eigenvalue weighted by molar-refractivity contribution is 0.297. The first-order valence-electron chi connectivity index (χ1n) is 10.9. The SMILES string of the molecule is CCCCCOc1cc2ccc3c(ccc4c5ccccc5c(OC)c(OC)c43)c2[nH]1. The van der Waals surface area contributed by atoms with Crippen LogP contribution >= 0.6 is 0 Å². The van der Waals surface area contributed by atoms with Gasteiger partial charge in [0.05, 0.1) is 26.3 Å². The Hall–Kier alpha value is -3.40. The van der Waals surface area contributed by atoms with E-state index in [9.17, 15) is 0 Å². The van der Waals surface area contributed by atoms with E-state index in [0.29, 0.717) is 0 Å². The van der Waals surface area contributed by atoms with E-state index >= 15 is 0 Å². The van der Waals surface area contributed by atoms with Crippen LogP contribution in [0, 0.1) is 0 Å². The number of aromatic amines is 1. The summed E-state index contributed by atoms with van der Waals surface area (Å²) in [4.78, 5) is 3.49. The summed E-state index contributed by atoms with van der Waals surface area (Å²) in [6.45, 7) is 2.93. The molecule has 4 heteroatoms. The van der Waals surface area contributed by atoms with Gasteiger partial charge in [0.1, 0.15) is 0 Å². The fraction of sp³-hybridized carbons (Fsp3) is 0.259. The van der Waals surface area contributed by atoms with Gasteiger partial charge in [-0.25, -0.2) is 0 Å². The Morgan fingerprint density at radius 3 is 2.23 bits per heavy atom. The number of rotatable bonds is 7. The maximum atomic E-state index is 5.97.